The van der Waals surface area contributed by atoms with Gasteiger partial charge >= 0.3 is 0 Å². The van der Waals surface area contributed by atoms with Crippen LogP contribution in [0, 0.1) is 0 Å². The lowest BCUT2D eigenvalue weighted by molar-refractivity contribution is 0.590. The molecule has 0 amide bonds. The van der Waals surface area contributed by atoms with Gasteiger partial charge in [-0.1, -0.05) is 56.6 Å². The predicted octanol–water partition coefficient (Wildman–Crippen LogP) is 4.76. The van der Waals surface area contributed by atoms with E-state index in [0.29, 0.717) is 5.15 Å². The molecule has 0 unspecified atom stereocenters. The molecule has 0 N–H and O–H groups in total. The van der Waals surface area contributed by atoms with Crippen molar-refractivity contribution in [2.75, 3.05) is 0 Å². The lowest BCUT2D eigenvalue weighted by Crippen LogP contribution is -2.10. The van der Waals surface area contributed by atoms with E-state index < -0.39 is 0 Å². The third kappa shape index (κ3) is 2.45. The summed E-state index contributed by atoms with van der Waals surface area (Å²) in [7, 11) is 0. The molecule has 0 fully saturated rings. The van der Waals surface area contributed by atoms with Crippen LogP contribution < -0.4 is 0 Å². The minimum atomic E-state index is 0.194. The van der Waals surface area contributed by atoms with Crippen LogP contribution in [0.1, 0.15) is 26.3 Å². The first-order valence-corrected chi connectivity index (χ1v) is 6.44. The highest BCUT2D eigenvalue weighted by Gasteiger charge is 2.13. The van der Waals surface area contributed by atoms with E-state index in [0.717, 1.165) is 10.6 Å². The molecule has 3 heteroatoms. The van der Waals surface area contributed by atoms with Crippen LogP contribution in [-0.4, -0.2) is 4.98 Å². The first-order chi connectivity index (χ1) is 7.47. The van der Waals surface area contributed by atoms with E-state index in [-0.39, 0.29) is 5.41 Å². The number of benzene rings is 1. The maximum Gasteiger partial charge on any atom is 0.140 e. The second-order valence-corrected chi connectivity index (χ2v) is 6.05. The van der Waals surface area contributed by atoms with E-state index in [1.54, 1.807) is 11.3 Å². The molecule has 0 atom stereocenters. The number of hydrogen-bond donors (Lipinski definition) is 0. The fourth-order valence-electron chi connectivity index (χ4n) is 1.50. The number of halogens is 1. The summed E-state index contributed by atoms with van der Waals surface area (Å²) in [6.07, 6.45) is 0. The first kappa shape index (κ1) is 11.6. The summed E-state index contributed by atoms with van der Waals surface area (Å²) in [6.45, 7) is 6.63. The zero-order valence-electron chi connectivity index (χ0n) is 9.62. The average Bonchev–Trinajstić information content (AvgIpc) is 2.64. The molecule has 2 aromatic rings. The van der Waals surface area contributed by atoms with Crippen molar-refractivity contribution in [1.29, 1.82) is 0 Å². The van der Waals surface area contributed by atoms with Gasteiger partial charge in [-0.25, -0.2) is 4.98 Å². The first-order valence-electron chi connectivity index (χ1n) is 5.19. The molecule has 2 rings (SSSR count). The van der Waals surface area contributed by atoms with Gasteiger partial charge in [-0.2, -0.15) is 0 Å². The van der Waals surface area contributed by atoms with E-state index in [2.05, 4.69) is 50.0 Å². The Kier molecular flexibility index (Phi) is 3.04. The van der Waals surface area contributed by atoms with Crippen LogP contribution in [-0.2, 0) is 5.41 Å². The standard InChI is InChI=1S/C13H14ClNS/c1-13(2,3)10-6-4-9(5-7-10)12-15-11(14)8-16-12/h4-8H,1-3H3. The number of hydrogen-bond acceptors (Lipinski definition) is 2. The minimum Gasteiger partial charge on any atom is -0.224 e. The van der Waals surface area contributed by atoms with Gasteiger partial charge in [0.2, 0.25) is 0 Å². The van der Waals surface area contributed by atoms with E-state index in [1.807, 2.05) is 5.38 Å². The molecule has 0 radical (unpaired) electrons. The molecule has 0 saturated carbocycles. The van der Waals surface area contributed by atoms with Gasteiger partial charge in [0.25, 0.3) is 0 Å². The Morgan fingerprint density at radius 1 is 1.12 bits per heavy atom. The van der Waals surface area contributed by atoms with E-state index in [4.69, 9.17) is 11.6 Å². The average molecular weight is 252 g/mol. The molecule has 1 nitrogen and oxygen atoms in total. The molecule has 1 aromatic carbocycles. The Hall–Kier alpha value is -0.860. The van der Waals surface area contributed by atoms with Crippen molar-refractivity contribution in [3.63, 3.8) is 0 Å². The largest absolute Gasteiger partial charge is 0.224 e. The monoisotopic (exact) mass is 251 g/mol. The summed E-state index contributed by atoms with van der Waals surface area (Å²) >= 11 is 7.39. The molecule has 0 aliphatic heterocycles. The maximum absolute atomic E-state index is 5.81. The maximum atomic E-state index is 5.81. The molecule has 1 heterocycles. The van der Waals surface area contributed by atoms with Crippen molar-refractivity contribution in [1.82, 2.24) is 4.98 Å². The Morgan fingerprint density at radius 3 is 2.19 bits per heavy atom. The lowest BCUT2D eigenvalue weighted by atomic mass is 9.87. The number of thiazole rings is 1. The molecular formula is C13H14ClNS. The third-order valence-electron chi connectivity index (χ3n) is 2.47. The summed E-state index contributed by atoms with van der Waals surface area (Å²) in [5.74, 6) is 0. The molecule has 84 valence electrons. The van der Waals surface area contributed by atoms with Crippen LogP contribution in [0.25, 0.3) is 10.6 Å². The fraction of sp³-hybridized carbons (Fsp3) is 0.308. The van der Waals surface area contributed by atoms with Crippen LogP contribution in [0.3, 0.4) is 0 Å². The summed E-state index contributed by atoms with van der Waals surface area (Å²) in [5, 5.41) is 3.40. The van der Waals surface area contributed by atoms with E-state index in [1.165, 1.54) is 5.56 Å². The predicted molar refractivity (Wildman–Crippen MR) is 71.3 cm³/mol. The summed E-state index contributed by atoms with van der Waals surface area (Å²) in [5.41, 5.74) is 2.66. The van der Waals surface area contributed by atoms with Crippen LogP contribution >= 0.6 is 22.9 Å². The minimum absolute atomic E-state index is 0.194. The molecule has 0 aliphatic rings. The van der Waals surface area contributed by atoms with Crippen molar-refractivity contribution in [2.45, 2.75) is 26.2 Å². The van der Waals surface area contributed by atoms with Gasteiger partial charge in [0.15, 0.2) is 0 Å². The second-order valence-electron chi connectivity index (χ2n) is 4.80. The molecule has 0 bridgehead atoms. The van der Waals surface area contributed by atoms with Gasteiger partial charge in [0, 0.05) is 10.9 Å². The van der Waals surface area contributed by atoms with Crippen LogP contribution in [0.5, 0.6) is 0 Å². The van der Waals surface area contributed by atoms with Gasteiger partial charge in [-0.3, -0.25) is 0 Å². The van der Waals surface area contributed by atoms with Crippen molar-refractivity contribution in [2.24, 2.45) is 0 Å². The number of rotatable bonds is 1. The van der Waals surface area contributed by atoms with Crippen molar-refractivity contribution in [3.8, 4) is 10.6 Å². The molecule has 16 heavy (non-hydrogen) atoms. The highest BCUT2D eigenvalue weighted by molar-refractivity contribution is 7.13. The summed E-state index contributed by atoms with van der Waals surface area (Å²) in [6, 6.07) is 8.53. The molecule has 0 aliphatic carbocycles. The molecule has 1 aromatic heterocycles. The highest BCUT2D eigenvalue weighted by Crippen LogP contribution is 2.28. The van der Waals surface area contributed by atoms with Crippen LogP contribution in [0.4, 0.5) is 0 Å². The Balaban J connectivity index is 2.33. The SMILES string of the molecule is CC(C)(C)c1ccc(-c2nc(Cl)cs2)cc1. The number of nitrogens with zero attached hydrogens (tertiary/aromatic N) is 1. The van der Waals surface area contributed by atoms with E-state index in [9.17, 15) is 0 Å². The van der Waals surface area contributed by atoms with Crippen LogP contribution in [0.15, 0.2) is 29.6 Å². The van der Waals surface area contributed by atoms with Gasteiger partial charge in [-0.05, 0) is 11.0 Å². The van der Waals surface area contributed by atoms with Gasteiger partial charge in [0.05, 0.1) is 0 Å². The Morgan fingerprint density at radius 2 is 1.75 bits per heavy atom. The zero-order valence-corrected chi connectivity index (χ0v) is 11.2. The van der Waals surface area contributed by atoms with Crippen molar-refractivity contribution in [3.05, 3.63) is 40.4 Å². The quantitative estimate of drug-likeness (QED) is 0.712. The van der Waals surface area contributed by atoms with Gasteiger partial charge in [-0.15, -0.1) is 11.3 Å². The van der Waals surface area contributed by atoms with Gasteiger partial charge < -0.3 is 0 Å². The normalized spacial score (nSPS) is 11.8. The van der Waals surface area contributed by atoms with Gasteiger partial charge in [0.1, 0.15) is 10.2 Å². The zero-order chi connectivity index (χ0) is 11.8. The number of aromatic nitrogens is 1. The molecular weight excluding hydrogens is 238 g/mol. The third-order valence-corrected chi connectivity index (χ3v) is 3.69. The van der Waals surface area contributed by atoms with Crippen LogP contribution in [0.2, 0.25) is 5.15 Å². The Labute approximate surface area is 105 Å². The summed E-state index contributed by atoms with van der Waals surface area (Å²) in [4.78, 5) is 4.26. The van der Waals surface area contributed by atoms with E-state index >= 15 is 0 Å². The highest BCUT2D eigenvalue weighted by atomic mass is 35.5. The fourth-order valence-corrected chi connectivity index (χ4v) is 2.45. The summed E-state index contributed by atoms with van der Waals surface area (Å²) < 4.78 is 0. The topological polar surface area (TPSA) is 12.9 Å². The molecule has 0 spiro atoms. The molecule has 0 saturated heterocycles. The second kappa shape index (κ2) is 4.19. The smallest absolute Gasteiger partial charge is 0.140 e. The van der Waals surface area contributed by atoms with Crippen molar-refractivity contribution < 1.29 is 0 Å². The Bertz CT molecular complexity index is 479. The lowest BCUT2D eigenvalue weighted by Gasteiger charge is -2.18. The van der Waals surface area contributed by atoms with Crippen molar-refractivity contribution >= 4 is 22.9 Å².